The van der Waals surface area contributed by atoms with Crippen LogP contribution in [0.3, 0.4) is 0 Å². The Morgan fingerprint density at radius 1 is 0.909 bits per heavy atom. The Morgan fingerprint density at radius 3 is 2.18 bits per heavy atom. The summed E-state index contributed by atoms with van der Waals surface area (Å²) in [6.45, 7) is 0. The van der Waals surface area contributed by atoms with Crippen LogP contribution in [0.25, 0.3) is 0 Å². The second kappa shape index (κ2) is 6.20. The first-order valence-corrected chi connectivity index (χ1v) is 7.72. The fraction of sp³-hybridized carbons (Fsp3) is 0.250. The van der Waals surface area contributed by atoms with Crippen molar-refractivity contribution in [2.24, 2.45) is 5.92 Å². The van der Waals surface area contributed by atoms with Gasteiger partial charge in [-0.1, -0.05) is 18.2 Å². The molecule has 6 heteroatoms. The maximum absolute atomic E-state index is 14.0. The maximum Gasteiger partial charge on any atom is 0.198 e. The lowest BCUT2D eigenvalue weighted by Crippen LogP contribution is -2.07. The summed E-state index contributed by atoms with van der Waals surface area (Å²) in [6, 6.07) is 8.84. The minimum Gasteiger partial charge on any atom is -0.326 e. The molecule has 1 saturated carbocycles. The molecular formula is C16H13F4NS. The van der Waals surface area contributed by atoms with Gasteiger partial charge in [-0.15, -0.1) is 0 Å². The zero-order valence-electron chi connectivity index (χ0n) is 11.5. The molecule has 2 aromatic rings. The number of para-hydroxylation sites is 1. The van der Waals surface area contributed by atoms with E-state index in [9.17, 15) is 17.6 Å². The minimum absolute atomic E-state index is 0.0904. The smallest absolute Gasteiger partial charge is 0.198 e. The molecule has 116 valence electrons. The molecule has 1 fully saturated rings. The molecule has 0 saturated heterocycles. The number of hydrogen-bond acceptors (Lipinski definition) is 2. The first kappa shape index (κ1) is 15.2. The average Bonchev–Trinajstić information content (AvgIpc) is 3.35. The van der Waals surface area contributed by atoms with Crippen LogP contribution in [0.1, 0.15) is 18.4 Å². The number of halogens is 4. The van der Waals surface area contributed by atoms with Gasteiger partial charge in [-0.3, -0.25) is 0 Å². The molecule has 2 aromatic carbocycles. The molecular weight excluding hydrogens is 314 g/mol. The van der Waals surface area contributed by atoms with E-state index < -0.39 is 23.3 Å². The van der Waals surface area contributed by atoms with Gasteiger partial charge in [-0.25, -0.2) is 17.6 Å². The Balaban J connectivity index is 1.93. The second-order valence-electron chi connectivity index (χ2n) is 5.28. The minimum atomic E-state index is -1.77. The first-order chi connectivity index (χ1) is 10.6. The molecule has 0 atom stereocenters. The molecule has 0 amide bonds. The highest BCUT2D eigenvalue weighted by Gasteiger charge is 2.30. The van der Waals surface area contributed by atoms with Crippen LogP contribution in [0.4, 0.5) is 23.2 Å². The van der Waals surface area contributed by atoms with Crippen LogP contribution in [0.2, 0.25) is 0 Å². The van der Waals surface area contributed by atoms with Gasteiger partial charge in [-0.05, 0) is 49.3 Å². The average molecular weight is 327 g/mol. The molecule has 0 bridgehead atoms. The summed E-state index contributed by atoms with van der Waals surface area (Å²) in [4.78, 5) is -0.216. The molecule has 0 spiro atoms. The topological polar surface area (TPSA) is 12.0 Å². The lowest BCUT2D eigenvalue weighted by molar-refractivity contribution is 0.390. The molecule has 0 radical (unpaired) electrons. The third kappa shape index (κ3) is 3.06. The van der Waals surface area contributed by atoms with Gasteiger partial charge in [0.2, 0.25) is 0 Å². The van der Waals surface area contributed by atoms with Gasteiger partial charge in [0.15, 0.2) is 23.3 Å². The van der Waals surface area contributed by atoms with Crippen LogP contribution < -0.4 is 4.72 Å². The highest BCUT2D eigenvalue weighted by molar-refractivity contribution is 8.00. The van der Waals surface area contributed by atoms with E-state index in [4.69, 9.17) is 0 Å². The Hall–Kier alpha value is -1.69. The van der Waals surface area contributed by atoms with Crippen molar-refractivity contribution >= 4 is 17.6 Å². The fourth-order valence-electron chi connectivity index (χ4n) is 2.17. The molecule has 0 aliphatic heterocycles. The molecule has 3 rings (SSSR count). The van der Waals surface area contributed by atoms with Crippen LogP contribution >= 0.6 is 11.9 Å². The Morgan fingerprint density at radius 2 is 1.55 bits per heavy atom. The SMILES string of the molecule is Fc1c(F)c(F)c(SNc2ccccc2)c(CC2CC2)c1F. The fourth-order valence-corrected chi connectivity index (χ4v) is 3.00. The van der Waals surface area contributed by atoms with E-state index in [1.165, 1.54) is 0 Å². The third-order valence-corrected chi connectivity index (χ3v) is 4.52. The summed E-state index contributed by atoms with van der Waals surface area (Å²) >= 11 is 0.762. The summed E-state index contributed by atoms with van der Waals surface area (Å²) in [5, 5.41) is 0. The Labute approximate surface area is 129 Å². The van der Waals surface area contributed by atoms with Crippen LogP contribution in [-0.4, -0.2) is 0 Å². The summed E-state index contributed by atoms with van der Waals surface area (Å²) in [5.74, 6) is -5.92. The molecule has 1 aliphatic carbocycles. The van der Waals surface area contributed by atoms with E-state index in [2.05, 4.69) is 4.72 Å². The largest absolute Gasteiger partial charge is 0.326 e. The Bertz CT molecular complexity index is 687. The monoisotopic (exact) mass is 327 g/mol. The van der Waals surface area contributed by atoms with Crippen molar-refractivity contribution < 1.29 is 17.6 Å². The molecule has 0 aromatic heterocycles. The predicted octanol–water partition coefficient (Wildman–Crippen LogP) is 5.31. The quantitative estimate of drug-likeness (QED) is 0.345. The van der Waals surface area contributed by atoms with Crippen molar-refractivity contribution in [3.8, 4) is 0 Å². The molecule has 1 nitrogen and oxygen atoms in total. The lowest BCUT2D eigenvalue weighted by atomic mass is 10.1. The van der Waals surface area contributed by atoms with Gasteiger partial charge in [0, 0.05) is 11.3 Å². The van der Waals surface area contributed by atoms with Crippen molar-refractivity contribution in [2.75, 3.05) is 4.72 Å². The molecule has 0 unspecified atom stereocenters. The lowest BCUT2D eigenvalue weighted by Gasteiger charge is -2.13. The van der Waals surface area contributed by atoms with Crippen molar-refractivity contribution in [1.82, 2.24) is 0 Å². The zero-order valence-corrected chi connectivity index (χ0v) is 12.3. The van der Waals surface area contributed by atoms with Gasteiger partial charge in [0.25, 0.3) is 0 Å². The maximum atomic E-state index is 14.0. The van der Waals surface area contributed by atoms with E-state index in [1.54, 1.807) is 24.3 Å². The number of anilines is 1. The van der Waals surface area contributed by atoms with Crippen molar-refractivity contribution in [3.05, 3.63) is 59.2 Å². The number of benzene rings is 2. The molecule has 1 N–H and O–H groups in total. The van der Waals surface area contributed by atoms with E-state index in [0.717, 1.165) is 24.8 Å². The number of rotatable bonds is 5. The van der Waals surface area contributed by atoms with Crippen LogP contribution in [-0.2, 0) is 6.42 Å². The van der Waals surface area contributed by atoms with Crippen molar-refractivity contribution in [1.29, 1.82) is 0 Å². The summed E-state index contributed by atoms with van der Waals surface area (Å²) in [7, 11) is 0. The van der Waals surface area contributed by atoms with Gasteiger partial charge < -0.3 is 4.72 Å². The van der Waals surface area contributed by atoms with Crippen LogP contribution in [0.5, 0.6) is 0 Å². The summed E-state index contributed by atoms with van der Waals surface area (Å²) in [6.07, 6.45) is 2.02. The highest BCUT2D eigenvalue weighted by atomic mass is 32.2. The summed E-state index contributed by atoms with van der Waals surface area (Å²) in [5.41, 5.74) is 0.571. The van der Waals surface area contributed by atoms with Gasteiger partial charge in [0.1, 0.15) is 0 Å². The normalized spacial score (nSPS) is 14.2. The highest BCUT2D eigenvalue weighted by Crippen LogP contribution is 2.39. The van der Waals surface area contributed by atoms with Crippen LogP contribution in [0, 0.1) is 29.2 Å². The van der Waals surface area contributed by atoms with Crippen LogP contribution in [0.15, 0.2) is 35.2 Å². The van der Waals surface area contributed by atoms with E-state index in [1.807, 2.05) is 6.07 Å². The Kier molecular flexibility index (Phi) is 4.29. The van der Waals surface area contributed by atoms with Gasteiger partial charge in [-0.2, -0.15) is 0 Å². The van der Waals surface area contributed by atoms with Gasteiger partial charge in [0.05, 0.1) is 4.90 Å². The first-order valence-electron chi connectivity index (χ1n) is 6.90. The van der Waals surface area contributed by atoms with E-state index in [-0.39, 0.29) is 22.8 Å². The standard InChI is InChI=1S/C16H13F4NS/c17-12-11(8-9-6-7-9)16(15(20)14(19)13(12)18)22-21-10-4-2-1-3-5-10/h1-5,9,21H,6-8H2. The second-order valence-corrected chi connectivity index (χ2v) is 6.10. The third-order valence-electron chi connectivity index (χ3n) is 3.55. The van der Waals surface area contributed by atoms with E-state index >= 15 is 0 Å². The van der Waals surface area contributed by atoms with E-state index in [0.29, 0.717) is 5.69 Å². The summed E-state index contributed by atoms with van der Waals surface area (Å²) < 4.78 is 57.8. The van der Waals surface area contributed by atoms with Crippen molar-refractivity contribution in [3.63, 3.8) is 0 Å². The predicted molar refractivity (Wildman–Crippen MR) is 78.6 cm³/mol. The van der Waals surface area contributed by atoms with Gasteiger partial charge >= 0.3 is 0 Å². The number of nitrogens with one attached hydrogen (secondary N) is 1. The zero-order chi connectivity index (χ0) is 15.7. The molecule has 0 heterocycles. The number of hydrogen-bond donors (Lipinski definition) is 1. The molecule has 1 aliphatic rings. The van der Waals surface area contributed by atoms with Crippen molar-refractivity contribution in [2.45, 2.75) is 24.2 Å². The molecule has 22 heavy (non-hydrogen) atoms.